The third-order valence-corrected chi connectivity index (χ3v) is 2.88. The van der Waals surface area contributed by atoms with Gasteiger partial charge in [-0.2, -0.15) is 0 Å². The van der Waals surface area contributed by atoms with Crippen LogP contribution in [-0.2, 0) is 14.3 Å². The zero-order valence-corrected chi connectivity index (χ0v) is 11.4. The number of esters is 1. The number of hydrogen-bond donors (Lipinski definition) is 2. The Morgan fingerprint density at radius 2 is 1.79 bits per heavy atom. The molecule has 3 N–H and O–H groups in total. The van der Waals surface area contributed by atoms with E-state index in [1.807, 2.05) is 19.9 Å². The van der Waals surface area contributed by atoms with Crippen molar-refractivity contribution in [1.29, 1.82) is 0 Å². The molecule has 0 bridgehead atoms. The van der Waals surface area contributed by atoms with Crippen molar-refractivity contribution in [2.24, 2.45) is 11.7 Å². The van der Waals surface area contributed by atoms with E-state index in [4.69, 9.17) is 10.5 Å². The summed E-state index contributed by atoms with van der Waals surface area (Å²) in [5.74, 6) is -0.890. The maximum atomic E-state index is 11.9. The van der Waals surface area contributed by atoms with Crippen LogP contribution in [0.4, 0.5) is 0 Å². The van der Waals surface area contributed by atoms with E-state index in [0.717, 1.165) is 0 Å². The average Bonchev–Trinajstić information content (AvgIpc) is 2.43. The molecule has 0 aliphatic rings. The number of methoxy groups -OCH3 is 1. The molecule has 0 saturated carbocycles. The Bertz CT molecular complexity index is 432. The van der Waals surface area contributed by atoms with Crippen molar-refractivity contribution >= 4 is 11.9 Å². The Labute approximate surface area is 113 Å². The molecule has 0 aliphatic carbocycles. The van der Waals surface area contributed by atoms with Crippen LogP contribution in [-0.4, -0.2) is 25.0 Å². The van der Waals surface area contributed by atoms with Gasteiger partial charge in [0.2, 0.25) is 5.91 Å². The van der Waals surface area contributed by atoms with Crippen LogP contribution in [0.25, 0.3) is 0 Å². The molecule has 0 aromatic heterocycles. The lowest BCUT2D eigenvalue weighted by Gasteiger charge is -2.21. The normalized spacial score (nSPS) is 13.7. The lowest BCUT2D eigenvalue weighted by Crippen LogP contribution is -2.47. The lowest BCUT2D eigenvalue weighted by atomic mass is 10.0. The van der Waals surface area contributed by atoms with E-state index in [1.165, 1.54) is 7.11 Å². The molecular weight excluding hydrogens is 244 g/mol. The van der Waals surface area contributed by atoms with E-state index in [2.05, 4.69) is 5.32 Å². The van der Waals surface area contributed by atoms with Gasteiger partial charge in [0.15, 0.2) is 6.04 Å². The van der Waals surface area contributed by atoms with Crippen LogP contribution >= 0.6 is 0 Å². The number of hydrogen-bond acceptors (Lipinski definition) is 4. The van der Waals surface area contributed by atoms with Gasteiger partial charge in [-0.1, -0.05) is 44.2 Å². The summed E-state index contributed by atoms with van der Waals surface area (Å²) >= 11 is 0. The minimum Gasteiger partial charge on any atom is -0.467 e. The Balaban J connectivity index is 2.88. The van der Waals surface area contributed by atoms with Gasteiger partial charge in [-0.15, -0.1) is 0 Å². The number of amides is 1. The maximum Gasteiger partial charge on any atom is 0.333 e. The number of benzene rings is 1. The molecule has 0 fully saturated rings. The molecule has 5 nitrogen and oxygen atoms in total. The van der Waals surface area contributed by atoms with E-state index in [9.17, 15) is 9.59 Å². The minimum atomic E-state index is -0.830. The fourth-order valence-corrected chi connectivity index (χ4v) is 1.58. The summed E-state index contributed by atoms with van der Waals surface area (Å²) in [6, 6.07) is 7.43. The Morgan fingerprint density at radius 1 is 1.21 bits per heavy atom. The minimum absolute atomic E-state index is 0.00549. The molecule has 0 aliphatic heterocycles. The fraction of sp³-hybridized carbons (Fsp3) is 0.429. The van der Waals surface area contributed by atoms with Crippen molar-refractivity contribution in [2.75, 3.05) is 7.11 Å². The van der Waals surface area contributed by atoms with Gasteiger partial charge in [-0.3, -0.25) is 4.79 Å². The molecule has 0 unspecified atom stereocenters. The number of carbonyl (C=O) groups excluding carboxylic acids is 2. The van der Waals surface area contributed by atoms with E-state index in [1.54, 1.807) is 24.3 Å². The second-order valence-electron chi connectivity index (χ2n) is 4.65. The van der Waals surface area contributed by atoms with Crippen LogP contribution in [0.2, 0.25) is 0 Å². The number of rotatable bonds is 5. The summed E-state index contributed by atoms with van der Waals surface area (Å²) < 4.78 is 4.71. The molecule has 5 heteroatoms. The van der Waals surface area contributed by atoms with Gasteiger partial charge in [0.25, 0.3) is 0 Å². The first kappa shape index (κ1) is 15.2. The molecule has 104 valence electrons. The van der Waals surface area contributed by atoms with E-state index < -0.39 is 18.1 Å². The Kier molecular flexibility index (Phi) is 5.51. The Hall–Kier alpha value is -1.88. The highest BCUT2D eigenvalue weighted by molar-refractivity contribution is 5.88. The molecule has 1 aromatic rings. The first-order valence-corrected chi connectivity index (χ1v) is 6.16. The summed E-state index contributed by atoms with van der Waals surface area (Å²) in [5.41, 5.74) is 6.43. The van der Waals surface area contributed by atoms with Gasteiger partial charge in [-0.25, -0.2) is 4.79 Å². The smallest absolute Gasteiger partial charge is 0.333 e. The van der Waals surface area contributed by atoms with Crippen LogP contribution in [0.15, 0.2) is 30.3 Å². The van der Waals surface area contributed by atoms with Crippen molar-refractivity contribution in [3.05, 3.63) is 35.9 Å². The summed E-state index contributed by atoms with van der Waals surface area (Å²) in [6.07, 6.45) is 0. The highest BCUT2D eigenvalue weighted by atomic mass is 16.5. The van der Waals surface area contributed by atoms with Crippen LogP contribution in [0.3, 0.4) is 0 Å². The first-order valence-electron chi connectivity index (χ1n) is 6.16. The highest BCUT2D eigenvalue weighted by Crippen LogP contribution is 2.14. The molecule has 1 rings (SSSR count). The summed E-state index contributed by atoms with van der Waals surface area (Å²) in [7, 11) is 1.28. The first-order chi connectivity index (χ1) is 8.97. The van der Waals surface area contributed by atoms with E-state index in [-0.39, 0.29) is 11.8 Å². The fourth-order valence-electron chi connectivity index (χ4n) is 1.58. The monoisotopic (exact) mass is 264 g/mol. The third kappa shape index (κ3) is 4.06. The molecule has 0 heterocycles. The van der Waals surface area contributed by atoms with Crippen molar-refractivity contribution in [1.82, 2.24) is 5.32 Å². The second-order valence-corrected chi connectivity index (χ2v) is 4.65. The number of carbonyl (C=O) groups is 2. The summed E-state index contributed by atoms with van der Waals surface area (Å²) in [4.78, 5) is 23.7. The molecule has 0 saturated heterocycles. The third-order valence-electron chi connectivity index (χ3n) is 2.88. The highest BCUT2D eigenvalue weighted by Gasteiger charge is 2.26. The predicted octanol–water partition coefficient (Wildman–Crippen LogP) is 1.00. The van der Waals surface area contributed by atoms with E-state index in [0.29, 0.717) is 5.56 Å². The lowest BCUT2D eigenvalue weighted by molar-refractivity contribution is -0.145. The predicted molar refractivity (Wildman–Crippen MR) is 72.2 cm³/mol. The number of ether oxygens (including phenoxy) is 1. The number of nitrogens with two attached hydrogens (primary N) is 1. The standard InChI is InChI=1S/C14H20N2O3/c1-9(2)11(15)13(17)16-12(14(18)19-3)10-7-5-4-6-8-10/h4-9,11-12H,15H2,1-3H3,(H,16,17)/t11-,12+/m1/s1. The maximum absolute atomic E-state index is 11.9. The molecule has 0 radical (unpaired) electrons. The molecule has 1 aromatic carbocycles. The quantitative estimate of drug-likeness (QED) is 0.777. The zero-order valence-electron chi connectivity index (χ0n) is 11.4. The van der Waals surface area contributed by atoms with Gasteiger partial charge in [0, 0.05) is 0 Å². The van der Waals surface area contributed by atoms with Crippen LogP contribution < -0.4 is 11.1 Å². The molecule has 2 atom stereocenters. The summed E-state index contributed by atoms with van der Waals surface area (Å²) in [5, 5.41) is 2.63. The van der Waals surface area contributed by atoms with Gasteiger partial charge >= 0.3 is 5.97 Å². The SMILES string of the molecule is COC(=O)[C@@H](NC(=O)[C@H](N)C(C)C)c1ccccc1. The van der Waals surface area contributed by atoms with Crippen LogP contribution in [0.5, 0.6) is 0 Å². The largest absolute Gasteiger partial charge is 0.467 e. The van der Waals surface area contributed by atoms with Crippen LogP contribution in [0.1, 0.15) is 25.5 Å². The second kappa shape index (κ2) is 6.89. The van der Waals surface area contributed by atoms with Gasteiger partial charge in [-0.05, 0) is 11.5 Å². The van der Waals surface area contributed by atoms with Crippen molar-refractivity contribution in [3.8, 4) is 0 Å². The molecule has 19 heavy (non-hydrogen) atoms. The summed E-state index contributed by atoms with van der Waals surface area (Å²) in [6.45, 7) is 3.69. The van der Waals surface area contributed by atoms with Gasteiger partial charge in [0.1, 0.15) is 0 Å². The Morgan fingerprint density at radius 3 is 2.26 bits per heavy atom. The zero-order chi connectivity index (χ0) is 14.4. The number of nitrogens with one attached hydrogen (secondary N) is 1. The van der Waals surface area contributed by atoms with Crippen molar-refractivity contribution in [3.63, 3.8) is 0 Å². The van der Waals surface area contributed by atoms with Gasteiger partial charge < -0.3 is 15.8 Å². The topological polar surface area (TPSA) is 81.4 Å². The average molecular weight is 264 g/mol. The molecule has 1 amide bonds. The van der Waals surface area contributed by atoms with Crippen LogP contribution in [0, 0.1) is 5.92 Å². The molecular formula is C14H20N2O3. The van der Waals surface area contributed by atoms with Gasteiger partial charge in [0.05, 0.1) is 13.2 Å². The van der Waals surface area contributed by atoms with Crippen molar-refractivity contribution < 1.29 is 14.3 Å². The molecule has 0 spiro atoms. The van der Waals surface area contributed by atoms with E-state index >= 15 is 0 Å². The van der Waals surface area contributed by atoms with Crippen molar-refractivity contribution in [2.45, 2.75) is 25.9 Å².